The van der Waals surface area contributed by atoms with Crippen LogP contribution in [0.25, 0.3) is 11.3 Å². The Kier molecular flexibility index (Phi) is 6.17. The summed E-state index contributed by atoms with van der Waals surface area (Å²) in [5, 5.41) is 3.33. The SMILES string of the molecule is COCCNCCCc1ncc(-c2ccc(F)c(Cl)c2)o1. The highest BCUT2D eigenvalue weighted by molar-refractivity contribution is 6.31. The number of hydrogen-bond donors (Lipinski definition) is 1. The number of hydrogen-bond acceptors (Lipinski definition) is 4. The minimum Gasteiger partial charge on any atom is -0.441 e. The zero-order valence-corrected chi connectivity index (χ0v) is 12.6. The van der Waals surface area contributed by atoms with E-state index >= 15 is 0 Å². The topological polar surface area (TPSA) is 47.3 Å². The van der Waals surface area contributed by atoms with Crippen LogP contribution in [0.3, 0.4) is 0 Å². The smallest absolute Gasteiger partial charge is 0.194 e. The molecule has 0 spiro atoms. The summed E-state index contributed by atoms with van der Waals surface area (Å²) in [5.74, 6) is 0.820. The molecule has 1 N–H and O–H groups in total. The van der Waals surface area contributed by atoms with Gasteiger partial charge in [0, 0.05) is 25.6 Å². The van der Waals surface area contributed by atoms with Crippen molar-refractivity contribution in [2.75, 3.05) is 26.8 Å². The lowest BCUT2D eigenvalue weighted by Crippen LogP contribution is -2.20. The Morgan fingerprint density at radius 3 is 3.00 bits per heavy atom. The van der Waals surface area contributed by atoms with Crippen molar-refractivity contribution >= 4 is 11.6 Å². The van der Waals surface area contributed by atoms with E-state index in [2.05, 4.69) is 10.3 Å². The summed E-state index contributed by atoms with van der Waals surface area (Å²) in [5.41, 5.74) is 0.721. The number of rotatable bonds is 8. The molecule has 0 amide bonds. The van der Waals surface area contributed by atoms with E-state index in [0.29, 0.717) is 18.3 Å². The third-order valence-corrected chi connectivity index (χ3v) is 3.27. The quantitative estimate of drug-likeness (QED) is 0.760. The monoisotopic (exact) mass is 312 g/mol. The first-order valence-electron chi connectivity index (χ1n) is 6.80. The lowest BCUT2D eigenvalue weighted by Gasteiger charge is -2.02. The van der Waals surface area contributed by atoms with Crippen LogP contribution in [-0.2, 0) is 11.2 Å². The molecule has 4 nitrogen and oxygen atoms in total. The first-order valence-corrected chi connectivity index (χ1v) is 7.18. The van der Waals surface area contributed by atoms with Crippen LogP contribution in [0.1, 0.15) is 12.3 Å². The summed E-state index contributed by atoms with van der Waals surface area (Å²) in [7, 11) is 1.68. The Labute approximate surface area is 128 Å². The van der Waals surface area contributed by atoms with Gasteiger partial charge in [-0.15, -0.1) is 0 Å². The predicted molar refractivity (Wildman–Crippen MR) is 80.0 cm³/mol. The van der Waals surface area contributed by atoms with E-state index in [1.54, 1.807) is 19.4 Å². The Hall–Kier alpha value is -1.43. The number of methoxy groups -OCH3 is 1. The van der Waals surface area contributed by atoms with Gasteiger partial charge in [-0.2, -0.15) is 0 Å². The van der Waals surface area contributed by atoms with Gasteiger partial charge in [0.25, 0.3) is 0 Å². The number of nitrogens with zero attached hydrogens (tertiary/aromatic N) is 1. The van der Waals surface area contributed by atoms with Gasteiger partial charge in [0.1, 0.15) is 5.82 Å². The predicted octanol–water partition coefficient (Wildman–Crippen LogP) is 3.30. The summed E-state index contributed by atoms with van der Waals surface area (Å²) < 4.78 is 23.7. The Balaban J connectivity index is 1.85. The maximum atomic E-state index is 13.1. The Morgan fingerprint density at radius 2 is 2.24 bits per heavy atom. The zero-order chi connectivity index (χ0) is 15.1. The van der Waals surface area contributed by atoms with Crippen LogP contribution in [0.2, 0.25) is 5.02 Å². The first kappa shape index (κ1) is 15.9. The van der Waals surface area contributed by atoms with Crippen LogP contribution < -0.4 is 5.32 Å². The van der Waals surface area contributed by atoms with Crippen molar-refractivity contribution in [3.8, 4) is 11.3 Å². The molecule has 0 saturated carbocycles. The average molecular weight is 313 g/mol. The molecule has 0 radical (unpaired) electrons. The minimum atomic E-state index is -0.442. The van der Waals surface area contributed by atoms with E-state index in [4.69, 9.17) is 20.8 Å². The number of oxazole rings is 1. The van der Waals surface area contributed by atoms with E-state index in [1.165, 1.54) is 12.1 Å². The van der Waals surface area contributed by atoms with E-state index in [1.807, 2.05) is 0 Å². The van der Waals surface area contributed by atoms with Gasteiger partial charge in [-0.1, -0.05) is 11.6 Å². The van der Waals surface area contributed by atoms with Crippen LogP contribution in [-0.4, -0.2) is 31.8 Å². The van der Waals surface area contributed by atoms with Crippen LogP contribution >= 0.6 is 11.6 Å². The molecule has 0 saturated heterocycles. The Bertz CT molecular complexity index is 575. The summed E-state index contributed by atoms with van der Waals surface area (Å²) in [6, 6.07) is 4.48. The summed E-state index contributed by atoms with van der Waals surface area (Å²) in [4.78, 5) is 4.22. The largest absolute Gasteiger partial charge is 0.441 e. The highest BCUT2D eigenvalue weighted by Gasteiger charge is 2.08. The number of nitrogens with one attached hydrogen (secondary N) is 1. The molecule has 2 aromatic rings. The molecule has 0 fully saturated rings. The second kappa shape index (κ2) is 8.12. The van der Waals surface area contributed by atoms with Gasteiger partial charge in [0.2, 0.25) is 0 Å². The number of ether oxygens (including phenoxy) is 1. The molecular formula is C15H18ClFN2O2. The van der Waals surface area contributed by atoms with Crippen molar-refractivity contribution < 1.29 is 13.5 Å². The molecule has 0 aliphatic carbocycles. The van der Waals surface area contributed by atoms with Crippen molar-refractivity contribution in [1.82, 2.24) is 10.3 Å². The van der Waals surface area contributed by atoms with E-state index < -0.39 is 5.82 Å². The second-order valence-electron chi connectivity index (χ2n) is 4.59. The molecule has 1 aromatic carbocycles. The average Bonchev–Trinajstić information content (AvgIpc) is 2.94. The zero-order valence-electron chi connectivity index (χ0n) is 11.9. The fourth-order valence-electron chi connectivity index (χ4n) is 1.87. The number of aromatic nitrogens is 1. The van der Waals surface area contributed by atoms with E-state index in [-0.39, 0.29) is 5.02 Å². The number of aryl methyl sites for hydroxylation is 1. The molecule has 0 atom stereocenters. The standard InChI is InChI=1S/C15H18ClFN2O2/c1-20-8-7-18-6-2-3-15-19-10-14(21-15)11-4-5-13(17)12(16)9-11/h4-5,9-10,18H,2-3,6-8H2,1H3. The number of halogens is 2. The van der Waals surface area contributed by atoms with Crippen molar-refractivity contribution in [3.05, 3.63) is 41.1 Å². The van der Waals surface area contributed by atoms with Crippen LogP contribution in [0, 0.1) is 5.82 Å². The van der Waals surface area contributed by atoms with Gasteiger partial charge in [-0.3, -0.25) is 0 Å². The highest BCUT2D eigenvalue weighted by atomic mass is 35.5. The van der Waals surface area contributed by atoms with Gasteiger partial charge in [-0.25, -0.2) is 9.37 Å². The van der Waals surface area contributed by atoms with Gasteiger partial charge in [-0.05, 0) is 31.2 Å². The lowest BCUT2D eigenvalue weighted by molar-refractivity contribution is 0.199. The fourth-order valence-corrected chi connectivity index (χ4v) is 2.05. The Morgan fingerprint density at radius 1 is 1.38 bits per heavy atom. The number of benzene rings is 1. The van der Waals surface area contributed by atoms with Gasteiger partial charge in [0.05, 0.1) is 17.8 Å². The van der Waals surface area contributed by atoms with Gasteiger partial charge in [0.15, 0.2) is 11.7 Å². The second-order valence-corrected chi connectivity index (χ2v) is 5.00. The highest BCUT2D eigenvalue weighted by Crippen LogP contribution is 2.25. The summed E-state index contributed by atoms with van der Waals surface area (Å²) in [6.07, 6.45) is 3.31. The summed E-state index contributed by atoms with van der Waals surface area (Å²) >= 11 is 5.76. The molecular weight excluding hydrogens is 295 g/mol. The maximum Gasteiger partial charge on any atom is 0.194 e. The van der Waals surface area contributed by atoms with Crippen LogP contribution in [0.4, 0.5) is 4.39 Å². The van der Waals surface area contributed by atoms with Crippen molar-refractivity contribution in [2.24, 2.45) is 0 Å². The molecule has 6 heteroatoms. The third kappa shape index (κ3) is 4.81. The molecule has 114 valence electrons. The van der Waals surface area contributed by atoms with E-state index in [9.17, 15) is 4.39 Å². The summed E-state index contributed by atoms with van der Waals surface area (Å²) in [6.45, 7) is 2.42. The first-order chi connectivity index (χ1) is 10.2. The molecule has 1 aromatic heterocycles. The molecule has 0 bridgehead atoms. The molecule has 0 aliphatic heterocycles. The fraction of sp³-hybridized carbons (Fsp3) is 0.400. The van der Waals surface area contributed by atoms with Crippen molar-refractivity contribution in [3.63, 3.8) is 0 Å². The lowest BCUT2D eigenvalue weighted by atomic mass is 10.2. The van der Waals surface area contributed by atoms with Crippen LogP contribution in [0.15, 0.2) is 28.8 Å². The van der Waals surface area contributed by atoms with Crippen molar-refractivity contribution in [2.45, 2.75) is 12.8 Å². The molecule has 0 unspecified atom stereocenters. The minimum absolute atomic E-state index is 0.0767. The van der Waals surface area contributed by atoms with Gasteiger partial charge >= 0.3 is 0 Å². The normalized spacial score (nSPS) is 11.0. The maximum absolute atomic E-state index is 13.1. The van der Waals surface area contributed by atoms with E-state index in [0.717, 1.165) is 31.5 Å². The van der Waals surface area contributed by atoms with Crippen molar-refractivity contribution in [1.29, 1.82) is 0 Å². The third-order valence-electron chi connectivity index (χ3n) is 2.98. The van der Waals surface area contributed by atoms with Gasteiger partial charge < -0.3 is 14.5 Å². The molecule has 1 heterocycles. The molecule has 2 rings (SSSR count). The molecule has 21 heavy (non-hydrogen) atoms. The van der Waals surface area contributed by atoms with Crippen LogP contribution in [0.5, 0.6) is 0 Å². The molecule has 0 aliphatic rings.